The lowest BCUT2D eigenvalue weighted by molar-refractivity contribution is -0.612. The predicted molar refractivity (Wildman–Crippen MR) is 175 cm³/mol. The molecule has 3 aromatic heterocycles. The van der Waals surface area contributed by atoms with E-state index < -0.39 is 8.07 Å². The van der Waals surface area contributed by atoms with Gasteiger partial charge < -0.3 is 15.1 Å². The van der Waals surface area contributed by atoms with Crippen LogP contribution >= 0.6 is 23.2 Å². The molecule has 2 aliphatic carbocycles. The average Bonchev–Trinajstić information content (AvgIpc) is 2.92. The number of aromatic nitrogens is 3. The number of halogens is 2. The normalized spacial score (nSPS) is 13.3. The van der Waals surface area contributed by atoms with Gasteiger partial charge in [-0.15, -0.1) is 0 Å². The van der Waals surface area contributed by atoms with Gasteiger partial charge in [-0.05, 0) is 64.5 Å². The van der Waals surface area contributed by atoms with Crippen molar-refractivity contribution in [3.8, 4) is 23.6 Å². The monoisotopic (exact) mass is 654 g/mol. The molecule has 234 valence electrons. The maximum Gasteiger partial charge on any atom is 0.191 e. The molecule has 44 heavy (non-hydrogen) atoms. The van der Waals surface area contributed by atoms with E-state index in [4.69, 9.17) is 48.8 Å². The third-order valence-corrected chi connectivity index (χ3v) is 7.03. The van der Waals surface area contributed by atoms with Crippen LogP contribution in [0.3, 0.4) is 0 Å². The first-order valence-electron chi connectivity index (χ1n) is 14.2. The van der Waals surface area contributed by atoms with Gasteiger partial charge in [0.05, 0.1) is 17.2 Å². The molecule has 3 heterocycles. The Bertz CT molecular complexity index is 1450. The Morgan fingerprint density at radius 1 is 0.864 bits per heavy atom. The quantitative estimate of drug-likeness (QED) is 0.171. The van der Waals surface area contributed by atoms with E-state index in [0.717, 1.165) is 47.6 Å². The SMILES string of the molecule is C[Si](C)(C)C#N.Cc1cc(Cl)cc(C#N)n1.Cc1cc(Cl)cc[n+]1[O-].Cc1cc(OC2CCC2)cc(C#N)n1.OC1CCC1. The molecule has 3 aromatic rings. The van der Waals surface area contributed by atoms with Crippen molar-refractivity contribution in [1.82, 2.24) is 9.97 Å². The molecule has 2 aliphatic rings. The van der Waals surface area contributed by atoms with E-state index in [1.807, 2.05) is 44.8 Å². The van der Waals surface area contributed by atoms with E-state index in [9.17, 15) is 5.21 Å². The summed E-state index contributed by atoms with van der Waals surface area (Å²) in [5.74, 6) is 0.777. The van der Waals surface area contributed by atoms with Gasteiger partial charge in [0, 0.05) is 53.3 Å². The maximum atomic E-state index is 10.6. The zero-order valence-electron chi connectivity index (χ0n) is 26.1. The summed E-state index contributed by atoms with van der Waals surface area (Å²) in [6.45, 7) is 11.4. The standard InChI is InChI=1S/C11H12N2O.C7H5ClN2.C6H6ClNO.C4H9NSi.C4H8O/c1-8-5-11(6-9(7-12)13-8)14-10-3-2-4-10;1-5-2-6(8)3-7(4-9)10-5;1-5-4-6(7)2-3-8(5)9;1-6(2,3)4-5;5-4-2-1-3-4/h5-6,10H,2-4H2,1H3;2-3H,1H3;2-4H,1H3;1-3H3;4-5H,1-3H2. The molecule has 2 fully saturated rings. The van der Waals surface area contributed by atoms with Gasteiger partial charge in [0.15, 0.2) is 20.0 Å². The molecule has 0 atom stereocenters. The van der Waals surface area contributed by atoms with Crippen LogP contribution in [0.25, 0.3) is 0 Å². The van der Waals surface area contributed by atoms with Gasteiger partial charge in [-0.25, -0.2) is 15.2 Å². The minimum atomic E-state index is -1.33. The highest BCUT2D eigenvalue weighted by Crippen LogP contribution is 2.25. The van der Waals surface area contributed by atoms with Crippen molar-refractivity contribution in [1.29, 1.82) is 15.8 Å². The Hall–Kier alpha value is -3.72. The maximum absolute atomic E-state index is 10.6. The molecule has 0 radical (unpaired) electrons. The Kier molecular flexibility index (Phi) is 17.0. The Labute approximate surface area is 271 Å². The third kappa shape index (κ3) is 16.8. The molecule has 1 N–H and O–H groups in total. The van der Waals surface area contributed by atoms with E-state index in [2.05, 4.69) is 15.7 Å². The number of nitrogens with zero attached hydrogens (tertiary/aromatic N) is 6. The lowest BCUT2D eigenvalue weighted by Gasteiger charge is -2.26. The molecule has 0 amide bonds. The lowest BCUT2D eigenvalue weighted by atomic mass is 9.96. The molecule has 0 aromatic carbocycles. The van der Waals surface area contributed by atoms with E-state index in [-0.39, 0.29) is 6.10 Å². The molecule has 12 heteroatoms. The molecular weight excluding hydrogens is 615 g/mol. The third-order valence-electron chi connectivity index (χ3n) is 5.90. The van der Waals surface area contributed by atoms with E-state index in [0.29, 0.717) is 33.2 Å². The van der Waals surface area contributed by atoms with Crippen molar-refractivity contribution in [2.24, 2.45) is 0 Å². The molecule has 0 spiro atoms. The van der Waals surface area contributed by atoms with Gasteiger partial charge in [-0.2, -0.15) is 15.3 Å². The van der Waals surface area contributed by atoms with Crippen molar-refractivity contribution in [2.75, 3.05) is 0 Å². The second kappa shape index (κ2) is 19.5. The number of ether oxygens (including phenoxy) is 1. The van der Waals surface area contributed by atoms with Crippen molar-refractivity contribution >= 4 is 31.3 Å². The lowest BCUT2D eigenvalue weighted by Crippen LogP contribution is -2.28. The zero-order chi connectivity index (χ0) is 33.3. The van der Waals surface area contributed by atoms with Gasteiger partial charge in [0.2, 0.25) is 0 Å². The second-order valence-electron chi connectivity index (χ2n) is 11.3. The van der Waals surface area contributed by atoms with Crippen LogP contribution in [0.5, 0.6) is 5.75 Å². The average molecular weight is 656 g/mol. The number of nitriles is 3. The van der Waals surface area contributed by atoms with Crippen LogP contribution in [0.15, 0.2) is 42.6 Å². The van der Waals surface area contributed by atoms with E-state index >= 15 is 0 Å². The van der Waals surface area contributed by atoms with Gasteiger partial charge >= 0.3 is 0 Å². The fourth-order valence-electron chi connectivity index (χ4n) is 3.08. The summed E-state index contributed by atoms with van der Waals surface area (Å²) in [5.41, 5.74) is 5.25. The number of aliphatic hydroxyl groups excluding tert-OH is 1. The highest BCUT2D eigenvalue weighted by Gasteiger charge is 2.19. The second-order valence-corrected chi connectivity index (χ2v) is 16.9. The van der Waals surface area contributed by atoms with Gasteiger partial charge in [-0.3, -0.25) is 0 Å². The minimum Gasteiger partial charge on any atom is -0.619 e. The van der Waals surface area contributed by atoms with Crippen molar-refractivity contribution in [2.45, 2.75) is 91.1 Å². The summed E-state index contributed by atoms with van der Waals surface area (Å²) in [7, 11) is -1.33. The summed E-state index contributed by atoms with van der Waals surface area (Å²) in [4.78, 5) is 7.97. The molecular formula is C32H40Cl2N6O3Si. The van der Waals surface area contributed by atoms with Gasteiger partial charge in [0.25, 0.3) is 0 Å². The first-order valence-corrected chi connectivity index (χ1v) is 18.5. The fourth-order valence-corrected chi connectivity index (χ4v) is 3.56. The highest BCUT2D eigenvalue weighted by atomic mass is 35.5. The van der Waals surface area contributed by atoms with Crippen LogP contribution in [0.2, 0.25) is 29.7 Å². The highest BCUT2D eigenvalue weighted by molar-refractivity contribution is 6.83. The number of pyridine rings is 3. The predicted octanol–water partition coefficient (Wildman–Crippen LogP) is 7.31. The topological polar surface area (TPSA) is 154 Å². The van der Waals surface area contributed by atoms with Crippen LogP contribution in [0.1, 0.15) is 67.0 Å². The summed E-state index contributed by atoms with van der Waals surface area (Å²) < 4.78 is 6.45. The summed E-state index contributed by atoms with van der Waals surface area (Å²) >= 11 is 11.2. The Morgan fingerprint density at radius 2 is 1.36 bits per heavy atom. The van der Waals surface area contributed by atoms with E-state index in [1.165, 1.54) is 25.1 Å². The first kappa shape index (κ1) is 38.3. The number of aryl methyl sites for hydroxylation is 3. The molecule has 0 aliphatic heterocycles. The van der Waals surface area contributed by atoms with Crippen LogP contribution in [-0.4, -0.2) is 35.4 Å². The van der Waals surface area contributed by atoms with Crippen LogP contribution < -0.4 is 9.47 Å². The van der Waals surface area contributed by atoms with Crippen LogP contribution in [-0.2, 0) is 0 Å². The number of hydrogen-bond donors (Lipinski definition) is 1. The summed E-state index contributed by atoms with van der Waals surface area (Å²) in [5, 5.41) is 45.6. The van der Waals surface area contributed by atoms with Crippen molar-refractivity contribution < 1.29 is 14.6 Å². The van der Waals surface area contributed by atoms with E-state index in [1.54, 1.807) is 38.1 Å². The van der Waals surface area contributed by atoms with Crippen molar-refractivity contribution in [3.05, 3.63) is 86.3 Å². The first-order chi connectivity index (χ1) is 20.6. The molecule has 9 nitrogen and oxygen atoms in total. The van der Waals surface area contributed by atoms with Gasteiger partial charge in [-0.1, -0.05) is 42.8 Å². The van der Waals surface area contributed by atoms with Crippen LogP contribution in [0.4, 0.5) is 0 Å². The fraction of sp³-hybridized carbons (Fsp3) is 0.438. The Balaban J connectivity index is 0.000000288. The Morgan fingerprint density at radius 3 is 1.73 bits per heavy atom. The minimum absolute atomic E-state index is 0.0648. The number of hydrogen-bond acceptors (Lipinski definition) is 8. The number of aliphatic hydroxyl groups is 1. The summed E-state index contributed by atoms with van der Waals surface area (Å²) in [6.07, 6.45) is 8.63. The smallest absolute Gasteiger partial charge is 0.191 e. The molecule has 0 saturated heterocycles. The molecule has 0 unspecified atom stereocenters. The van der Waals surface area contributed by atoms with Gasteiger partial charge in [0.1, 0.15) is 29.3 Å². The zero-order valence-corrected chi connectivity index (χ0v) is 28.7. The summed E-state index contributed by atoms with van der Waals surface area (Å²) in [6, 6.07) is 13.9. The molecule has 5 rings (SSSR count). The van der Waals surface area contributed by atoms with Crippen LogP contribution in [0, 0.1) is 59.6 Å². The number of rotatable bonds is 2. The van der Waals surface area contributed by atoms with Crippen molar-refractivity contribution in [3.63, 3.8) is 0 Å². The largest absolute Gasteiger partial charge is 0.619 e. The molecule has 0 bridgehead atoms. The molecule has 2 saturated carbocycles.